The van der Waals surface area contributed by atoms with Crippen molar-refractivity contribution in [2.45, 2.75) is 32.2 Å². The Kier molecular flexibility index (Phi) is 5.25. The number of aliphatic carboxylic acids is 1. The van der Waals surface area contributed by atoms with Crippen LogP contribution in [0.2, 0.25) is 0 Å². The molecule has 0 aromatic heterocycles. The van der Waals surface area contributed by atoms with Gasteiger partial charge < -0.3 is 14.9 Å². The van der Waals surface area contributed by atoms with E-state index in [9.17, 15) is 14.3 Å². The maximum absolute atomic E-state index is 13.1. The highest BCUT2D eigenvalue weighted by molar-refractivity contribution is 9.10. The zero-order valence-corrected chi connectivity index (χ0v) is 11.5. The molecule has 1 rings (SSSR count). The average molecular weight is 321 g/mol. The third-order valence-corrected chi connectivity index (χ3v) is 3.22. The molecule has 0 spiro atoms. The predicted octanol–water partition coefficient (Wildman–Crippen LogP) is 2.50. The fraction of sp³-hybridized carbons (Fsp3) is 0.417. The lowest BCUT2D eigenvalue weighted by Crippen LogP contribution is -2.28. The van der Waals surface area contributed by atoms with Gasteiger partial charge >= 0.3 is 5.97 Å². The van der Waals surface area contributed by atoms with Gasteiger partial charge in [-0.2, -0.15) is 0 Å². The first-order valence-corrected chi connectivity index (χ1v) is 6.13. The molecule has 1 aromatic carbocycles. The highest BCUT2D eigenvalue weighted by atomic mass is 79.9. The zero-order chi connectivity index (χ0) is 13.9. The van der Waals surface area contributed by atoms with Crippen LogP contribution in [0.3, 0.4) is 0 Å². The van der Waals surface area contributed by atoms with Gasteiger partial charge in [0.2, 0.25) is 0 Å². The summed E-state index contributed by atoms with van der Waals surface area (Å²) in [5.41, 5.74) is 0.176. The lowest BCUT2D eigenvalue weighted by molar-refractivity contribution is -0.158. The standard InChI is InChI=1S/C12H14BrFO4/c1-6(15)7(2)18-11(12(16)17)9-5-8(14)3-4-10(9)13/h3-7,11,15H,1-2H3,(H,16,17). The second-order valence-electron chi connectivity index (χ2n) is 3.97. The summed E-state index contributed by atoms with van der Waals surface area (Å²) in [4.78, 5) is 11.2. The van der Waals surface area contributed by atoms with Gasteiger partial charge in [-0.05, 0) is 32.0 Å². The molecule has 18 heavy (non-hydrogen) atoms. The van der Waals surface area contributed by atoms with E-state index in [4.69, 9.17) is 9.84 Å². The number of ether oxygens (including phenoxy) is 1. The molecule has 0 saturated carbocycles. The Morgan fingerprint density at radius 3 is 2.56 bits per heavy atom. The van der Waals surface area contributed by atoms with E-state index >= 15 is 0 Å². The van der Waals surface area contributed by atoms with Crippen molar-refractivity contribution in [1.29, 1.82) is 0 Å². The molecule has 6 heteroatoms. The van der Waals surface area contributed by atoms with E-state index in [1.54, 1.807) is 6.92 Å². The van der Waals surface area contributed by atoms with Gasteiger partial charge in [0.05, 0.1) is 12.2 Å². The fourth-order valence-corrected chi connectivity index (χ4v) is 1.76. The average Bonchev–Trinajstić information content (AvgIpc) is 2.28. The van der Waals surface area contributed by atoms with Crippen LogP contribution in [0.4, 0.5) is 4.39 Å². The predicted molar refractivity (Wildman–Crippen MR) is 66.7 cm³/mol. The van der Waals surface area contributed by atoms with Gasteiger partial charge in [0, 0.05) is 10.0 Å². The van der Waals surface area contributed by atoms with Crippen LogP contribution in [0.1, 0.15) is 25.5 Å². The molecule has 100 valence electrons. The van der Waals surface area contributed by atoms with Crippen molar-refractivity contribution in [2.24, 2.45) is 0 Å². The van der Waals surface area contributed by atoms with Crippen LogP contribution < -0.4 is 0 Å². The summed E-state index contributed by atoms with van der Waals surface area (Å²) in [6.45, 7) is 3.04. The number of carboxylic acid groups (broad SMARTS) is 1. The second-order valence-corrected chi connectivity index (χ2v) is 4.82. The van der Waals surface area contributed by atoms with Crippen molar-refractivity contribution in [3.05, 3.63) is 34.1 Å². The summed E-state index contributed by atoms with van der Waals surface area (Å²) in [5, 5.41) is 18.4. The molecule has 3 unspecified atom stereocenters. The molecule has 0 aliphatic carbocycles. The molecular weight excluding hydrogens is 307 g/mol. The van der Waals surface area contributed by atoms with Gasteiger partial charge in [0.1, 0.15) is 5.82 Å². The maximum atomic E-state index is 13.1. The number of halogens is 2. The first kappa shape index (κ1) is 15.1. The molecule has 0 radical (unpaired) electrons. The molecule has 0 aliphatic rings. The molecule has 2 N–H and O–H groups in total. The van der Waals surface area contributed by atoms with E-state index < -0.39 is 30.1 Å². The lowest BCUT2D eigenvalue weighted by atomic mass is 10.1. The van der Waals surface area contributed by atoms with Gasteiger partial charge in [0.15, 0.2) is 6.10 Å². The van der Waals surface area contributed by atoms with Crippen LogP contribution in [0.25, 0.3) is 0 Å². The number of benzene rings is 1. The second kappa shape index (κ2) is 6.26. The molecule has 1 aromatic rings. The number of aliphatic hydroxyl groups excluding tert-OH is 1. The van der Waals surface area contributed by atoms with Crippen LogP contribution >= 0.6 is 15.9 Å². The number of hydrogen-bond acceptors (Lipinski definition) is 3. The third-order valence-electron chi connectivity index (χ3n) is 2.49. The van der Waals surface area contributed by atoms with E-state index in [1.165, 1.54) is 19.1 Å². The summed E-state index contributed by atoms with van der Waals surface area (Å²) in [7, 11) is 0. The van der Waals surface area contributed by atoms with Crippen molar-refractivity contribution >= 4 is 21.9 Å². The minimum Gasteiger partial charge on any atom is -0.479 e. The SMILES string of the molecule is CC(O)C(C)OC(C(=O)O)c1cc(F)ccc1Br. The Morgan fingerprint density at radius 1 is 1.44 bits per heavy atom. The van der Waals surface area contributed by atoms with Crippen molar-refractivity contribution in [2.75, 3.05) is 0 Å². The van der Waals surface area contributed by atoms with Crippen molar-refractivity contribution < 1.29 is 24.1 Å². The summed E-state index contributed by atoms with van der Waals surface area (Å²) < 4.78 is 18.8. The molecule has 0 bridgehead atoms. The van der Waals surface area contributed by atoms with E-state index in [0.29, 0.717) is 4.47 Å². The van der Waals surface area contributed by atoms with E-state index in [2.05, 4.69) is 15.9 Å². The smallest absolute Gasteiger partial charge is 0.337 e. The van der Waals surface area contributed by atoms with Gasteiger partial charge in [-0.1, -0.05) is 15.9 Å². The molecule has 3 atom stereocenters. The molecule has 0 amide bonds. The van der Waals surface area contributed by atoms with E-state index in [1.807, 2.05) is 0 Å². The number of aliphatic hydroxyl groups is 1. The van der Waals surface area contributed by atoms with Crippen LogP contribution in [0.5, 0.6) is 0 Å². The number of rotatable bonds is 5. The molecule has 0 fully saturated rings. The summed E-state index contributed by atoms with van der Waals surface area (Å²) in [6, 6.07) is 3.72. The number of hydrogen-bond donors (Lipinski definition) is 2. The zero-order valence-electron chi connectivity index (χ0n) is 9.93. The van der Waals surface area contributed by atoms with Gasteiger partial charge in [-0.15, -0.1) is 0 Å². The van der Waals surface area contributed by atoms with Crippen LogP contribution in [-0.2, 0) is 9.53 Å². The van der Waals surface area contributed by atoms with Crippen LogP contribution in [0.15, 0.2) is 22.7 Å². The molecule has 0 heterocycles. The molecule has 0 aliphatic heterocycles. The lowest BCUT2D eigenvalue weighted by Gasteiger charge is -2.22. The van der Waals surface area contributed by atoms with Gasteiger partial charge in [-0.25, -0.2) is 9.18 Å². The van der Waals surface area contributed by atoms with Crippen molar-refractivity contribution in [1.82, 2.24) is 0 Å². The molecular formula is C12H14BrFO4. The van der Waals surface area contributed by atoms with Gasteiger partial charge in [0.25, 0.3) is 0 Å². The van der Waals surface area contributed by atoms with Crippen LogP contribution in [-0.4, -0.2) is 28.4 Å². The maximum Gasteiger partial charge on any atom is 0.337 e. The minimum absolute atomic E-state index is 0.176. The highest BCUT2D eigenvalue weighted by Crippen LogP contribution is 2.28. The number of carboxylic acids is 1. The van der Waals surface area contributed by atoms with E-state index in [-0.39, 0.29) is 5.56 Å². The van der Waals surface area contributed by atoms with E-state index in [0.717, 1.165) is 6.07 Å². The quantitative estimate of drug-likeness (QED) is 0.874. The van der Waals surface area contributed by atoms with Gasteiger partial charge in [-0.3, -0.25) is 0 Å². The Balaban J connectivity index is 3.05. The highest BCUT2D eigenvalue weighted by Gasteiger charge is 2.27. The largest absolute Gasteiger partial charge is 0.479 e. The minimum atomic E-state index is -1.33. The van der Waals surface area contributed by atoms with Crippen molar-refractivity contribution in [3.8, 4) is 0 Å². The fourth-order valence-electron chi connectivity index (χ4n) is 1.31. The van der Waals surface area contributed by atoms with Crippen molar-refractivity contribution in [3.63, 3.8) is 0 Å². The third kappa shape index (κ3) is 3.76. The molecule has 0 saturated heterocycles. The first-order valence-electron chi connectivity index (χ1n) is 5.34. The molecule has 4 nitrogen and oxygen atoms in total. The summed E-state index contributed by atoms with van der Waals surface area (Å²) in [5.74, 6) is -1.79. The normalized spacial score (nSPS) is 16.1. The first-order chi connectivity index (χ1) is 8.32. The van der Waals surface area contributed by atoms with Crippen LogP contribution in [0, 0.1) is 5.82 Å². The number of carbonyl (C=O) groups is 1. The monoisotopic (exact) mass is 320 g/mol. The summed E-state index contributed by atoms with van der Waals surface area (Å²) in [6.07, 6.45) is -2.83. The summed E-state index contributed by atoms with van der Waals surface area (Å²) >= 11 is 3.15. The topological polar surface area (TPSA) is 66.8 Å². The Hall–Kier alpha value is -0.980. The Bertz CT molecular complexity index is 436. The Labute approximate surface area is 113 Å². The Morgan fingerprint density at radius 2 is 2.06 bits per heavy atom.